The van der Waals surface area contributed by atoms with Gasteiger partial charge in [0.05, 0.1) is 0 Å². The Labute approximate surface area is 77.3 Å². The van der Waals surface area contributed by atoms with Gasteiger partial charge in [0.25, 0.3) is 0 Å². The zero-order valence-electron chi connectivity index (χ0n) is 7.82. The maximum Gasteiger partial charge on any atom is 0.221 e. The largest absolute Gasteiger partial charge is 0.368 e. The number of nitrogens with one attached hydrogen (secondary N) is 1. The van der Waals surface area contributed by atoms with E-state index in [0.29, 0.717) is 11.9 Å². The summed E-state index contributed by atoms with van der Waals surface area (Å²) in [4.78, 5) is 0. The molecule has 5 heteroatoms. The predicted octanol–water partition coefficient (Wildman–Crippen LogP) is -0.136. The molecule has 0 aromatic carbocycles. The summed E-state index contributed by atoms with van der Waals surface area (Å²) in [5.41, 5.74) is 5.62. The fourth-order valence-electron chi connectivity index (χ4n) is 1.79. The van der Waals surface area contributed by atoms with E-state index >= 15 is 0 Å². The van der Waals surface area contributed by atoms with Crippen molar-refractivity contribution in [2.24, 2.45) is 7.05 Å². The highest BCUT2D eigenvalue weighted by atomic mass is 15.3. The van der Waals surface area contributed by atoms with Gasteiger partial charge < -0.3 is 15.6 Å². The summed E-state index contributed by atoms with van der Waals surface area (Å²) in [7, 11) is 1.92. The Balaban J connectivity index is 2.18. The molecule has 0 aliphatic carbocycles. The molecule has 1 aliphatic heterocycles. The molecule has 13 heavy (non-hydrogen) atoms. The normalized spacial score (nSPS) is 19.2. The summed E-state index contributed by atoms with van der Waals surface area (Å²) in [5, 5.41) is 11.3. The van der Waals surface area contributed by atoms with E-state index in [1.54, 1.807) is 0 Å². The highest BCUT2D eigenvalue weighted by molar-refractivity contribution is 5.18. The lowest BCUT2D eigenvalue weighted by Gasteiger charge is -2.21. The third-order valence-electron chi connectivity index (χ3n) is 2.65. The van der Waals surface area contributed by atoms with Crippen LogP contribution in [0.4, 0.5) is 5.95 Å². The third-order valence-corrected chi connectivity index (χ3v) is 2.65. The number of nitrogens with two attached hydrogens (primary N) is 1. The number of nitrogen functional groups attached to an aromatic ring is 1. The van der Waals surface area contributed by atoms with Crippen molar-refractivity contribution >= 4 is 5.95 Å². The molecule has 2 rings (SSSR count). The SMILES string of the molecule is Cn1c(N)nnc1C1CCNCC1. The zero-order valence-corrected chi connectivity index (χ0v) is 7.82. The molecule has 1 fully saturated rings. The van der Waals surface area contributed by atoms with Crippen LogP contribution in [0.5, 0.6) is 0 Å². The van der Waals surface area contributed by atoms with Crippen molar-refractivity contribution in [2.45, 2.75) is 18.8 Å². The minimum Gasteiger partial charge on any atom is -0.368 e. The van der Waals surface area contributed by atoms with Crippen molar-refractivity contribution < 1.29 is 0 Å². The van der Waals surface area contributed by atoms with Crippen LogP contribution in [-0.2, 0) is 7.05 Å². The van der Waals surface area contributed by atoms with Gasteiger partial charge in [-0.2, -0.15) is 0 Å². The number of rotatable bonds is 1. The van der Waals surface area contributed by atoms with Crippen molar-refractivity contribution in [3.63, 3.8) is 0 Å². The lowest BCUT2D eigenvalue weighted by molar-refractivity contribution is 0.437. The number of nitrogens with zero attached hydrogens (tertiary/aromatic N) is 3. The first kappa shape index (κ1) is 8.50. The van der Waals surface area contributed by atoms with Gasteiger partial charge in [0.15, 0.2) is 0 Å². The molecule has 72 valence electrons. The molecule has 2 heterocycles. The zero-order chi connectivity index (χ0) is 9.26. The van der Waals surface area contributed by atoms with Crippen LogP contribution < -0.4 is 11.1 Å². The molecular weight excluding hydrogens is 166 g/mol. The predicted molar refractivity (Wildman–Crippen MR) is 50.3 cm³/mol. The Morgan fingerprint density at radius 2 is 2.08 bits per heavy atom. The van der Waals surface area contributed by atoms with Crippen LogP contribution in [0.25, 0.3) is 0 Å². The number of anilines is 1. The number of piperidine rings is 1. The Morgan fingerprint density at radius 1 is 1.38 bits per heavy atom. The average molecular weight is 181 g/mol. The number of hydrogen-bond donors (Lipinski definition) is 2. The Hall–Kier alpha value is -1.10. The van der Waals surface area contributed by atoms with E-state index in [2.05, 4.69) is 15.5 Å². The van der Waals surface area contributed by atoms with E-state index in [1.165, 1.54) is 0 Å². The molecule has 1 saturated heterocycles. The standard InChI is InChI=1S/C8H15N5/c1-13-7(11-12-8(13)9)6-2-4-10-5-3-6/h6,10H,2-5H2,1H3,(H2,9,12). The number of hydrogen-bond acceptors (Lipinski definition) is 4. The highest BCUT2D eigenvalue weighted by Crippen LogP contribution is 2.23. The quantitative estimate of drug-likeness (QED) is 0.633. The van der Waals surface area contributed by atoms with Gasteiger partial charge in [-0.05, 0) is 25.9 Å². The fraction of sp³-hybridized carbons (Fsp3) is 0.750. The lowest BCUT2D eigenvalue weighted by atomic mass is 9.97. The molecule has 0 unspecified atom stereocenters. The summed E-state index contributed by atoms with van der Waals surface area (Å²) < 4.78 is 1.88. The first-order valence-electron chi connectivity index (χ1n) is 4.64. The highest BCUT2D eigenvalue weighted by Gasteiger charge is 2.20. The van der Waals surface area contributed by atoms with E-state index in [-0.39, 0.29) is 0 Å². The van der Waals surface area contributed by atoms with Crippen LogP contribution in [0.3, 0.4) is 0 Å². The molecular formula is C8H15N5. The fourth-order valence-corrected chi connectivity index (χ4v) is 1.79. The van der Waals surface area contributed by atoms with E-state index in [4.69, 9.17) is 5.73 Å². The van der Waals surface area contributed by atoms with E-state index < -0.39 is 0 Å². The smallest absolute Gasteiger partial charge is 0.221 e. The summed E-state index contributed by atoms with van der Waals surface area (Å²) in [6.45, 7) is 2.13. The van der Waals surface area contributed by atoms with Crippen LogP contribution in [0, 0.1) is 0 Å². The third kappa shape index (κ3) is 1.51. The van der Waals surface area contributed by atoms with Crippen LogP contribution in [-0.4, -0.2) is 27.9 Å². The monoisotopic (exact) mass is 181 g/mol. The van der Waals surface area contributed by atoms with Gasteiger partial charge in [0, 0.05) is 13.0 Å². The minimum absolute atomic E-state index is 0.508. The second kappa shape index (κ2) is 3.33. The van der Waals surface area contributed by atoms with Crippen LogP contribution in [0.2, 0.25) is 0 Å². The first-order valence-corrected chi connectivity index (χ1v) is 4.64. The molecule has 0 saturated carbocycles. The topological polar surface area (TPSA) is 68.8 Å². The van der Waals surface area contributed by atoms with Gasteiger partial charge in [0.1, 0.15) is 5.82 Å². The second-order valence-electron chi connectivity index (χ2n) is 3.50. The summed E-state index contributed by atoms with van der Waals surface area (Å²) in [6.07, 6.45) is 2.26. The van der Waals surface area contributed by atoms with Crippen molar-refractivity contribution in [3.8, 4) is 0 Å². The first-order chi connectivity index (χ1) is 6.29. The van der Waals surface area contributed by atoms with Crippen molar-refractivity contribution in [2.75, 3.05) is 18.8 Å². The van der Waals surface area contributed by atoms with Crippen molar-refractivity contribution in [1.82, 2.24) is 20.1 Å². The van der Waals surface area contributed by atoms with Gasteiger partial charge in [-0.15, -0.1) is 10.2 Å². The van der Waals surface area contributed by atoms with Crippen LogP contribution >= 0.6 is 0 Å². The molecule has 1 aliphatic rings. The summed E-state index contributed by atoms with van der Waals surface area (Å²) in [6, 6.07) is 0. The van der Waals surface area contributed by atoms with Crippen LogP contribution in [0.15, 0.2) is 0 Å². The van der Waals surface area contributed by atoms with E-state index in [9.17, 15) is 0 Å². The molecule has 3 N–H and O–H groups in total. The molecule has 0 bridgehead atoms. The maximum atomic E-state index is 5.62. The summed E-state index contributed by atoms with van der Waals surface area (Å²) in [5.74, 6) is 2.06. The van der Waals surface area contributed by atoms with Crippen molar-refractivity contribution in [3.05, 3.63) is 5.82 Å². The molecule has 1 aromatic rings. The molecule has 0 atom stereocenters. The minimum atomic E-state index is 0.508. The Bertz CT molecular complexity index is 287. The van der Waals surface area contributed by atoms with Gasteiger partial charge in [-0.3, -0.25) is 0 Å². The molecule has 0 spiro atoms. The van der Waals surface area contributed by atoms with E-state index in [0.717, 1.165) is 31.8 Å². The van der Waals surface area contributed by atoms with Crippen LogP contribution in [0.1, 0.15) is 24.6 Å². The molecule has 0 amide bonds. The molecule has 0 radical (unpaired) electrons. The number of aromatic nitrogens is 3. The Kier molecular flexibility index (Phi) is 2.18. The second-order valence-corrected chi connectivity index (χ2v) is 3.50. The lowest BCUT2D eigenvalue weighted by Crippen LogP contribution is -2.27. The van der Waals surface area contributed by atoms with Crippen molar-refractivity contribution in [1.29, 1.82) is 0 Å². The Morgan fingerprint density at radius 3 is 2.62 bits per heavy atom. The molecule has 5 nitrogen and oxygen atoms in total. The molecule has 1 aromatic heterocycles. The van der Waals surface area contributed by atoms with Gasteiger partial charge in [-0.1, -0.05) is 0 Å². The van der Waals surface area contributed by atoms with E-state index in [1.807, 2.05) is 11.6 Å². The van der Waals surface area contributed by atoms with Gasteiger partial charge >= 0.3 is 0 Å². The maximum absolute atomic E-state index is 5.62. The van der Waals surface area contributed by atoms with Gasteiger partial charge in [0.2, 0.25) is 5.95 Å². The van der Waals surface area contributed by atoms with Gasteiger partial charge in [-0.25, -0.2) is 0 Å². The summed E-state index contributed by atoms with van der Waals surface area (Å²) >= 11 is 0. The average Bonchev–Trinajstić information content (AvgIpc) is 2.49.